The minimum absolute atomic E-state index is 0.122. The predicted octanol–water partition coefficient (Wildman–Crippen LogP) is 5.67. The molecule has 0 spiro atoms. The number of alkyl halides is 3. The number of carbonyl (C=O) groups excluding carboxylic acids is 1. The first-order valence-corrected chi connectivity index (χ1v) is 12.9. The lowest BCUT2D eigenvalue weighted by molar-refractivity contribution is -0.274. The van der Waals surface area contributed by atoms with Crippen LogP contribution in [0.5, 0.6) is 11.5 Å². The molecule has 6 rings (SSSR count). The molecule has 0 aliphatic carbocycles. The van der Waals surface area contributed by atoms with Gasteiger partial charge in [-0.25, -0.2) is 0 Å². The summed E-state index contributed by atoms with van der Waals surface area (Å²) in [7, 11) is 0. The standard InChI is InChI=1S/C29H25F3N4O4/c30-29(31,32)40-21-10-8-19(9-11-21)27-23-25(34-35-26(23)28(37)36(27)20-12-15-38-16-13-20)24-22(7-4-14-33-24)39-17-18-5-2-1-3-6-18/h1-11,14,20,27H,12-13,15-17H2,(H,34,35). The van der Waals surface area contributed by atoms with Crippen LogP contribution >= 0.6 is 0 Å². The number of hydrogen-bond acceptors (Lipinski definition) is 6. The van der Waals surface area contributed by atoms with Crippen molar-refractivity contribution >= 4 is 5.91 Å². The molecule has 1 unspecified atom stereocenters. The molecule has 0 saturated carbocycles. The van der Waals surface area contributed by atoms with Crippen LogP contribution in [0.3, 0.4) is 0 Å². The van der Waals surface area contributed by atoms with E-state index in [1.54, 1.807) is 35.4 Å². The first kappa shape index (κ1) is 25.9. The quantitative estimate of drug-likeness (QED) is 0.319. The predicted molar refractivity (Wildman–Crippen MR) is 138 cm³/mol. The zero-order valence-electron chi connectivity index (χ0n) is 21.2. The van der Waals surface area contributed by atoms with Gasteiger partial charge in [0.2, 0.25) is 0 Å². The Hall–Kier alpha value is -4.38. The summed E-state index contributed by atoms with van der Waals surface area (Å²) >= 11 is 0. The van der Waals surface area contributed by atoms with Crippen LogP contribution < -0.4 is 9.47 Å². The van der Waals surface area contributed by atoms with E-state index in [2.05, 4.69) is 19.9 Å². The molecule has 1 N–H and O–H groups in total. The fourth-order valence-electron chi connectivity index (χ4n) is 5.29. The largest absolute Gasteiger partial charge is 0.573 e. The summed E-state index contributed by atoms with van der Waals surface area (Å²) < 4.78 is 54.1. The number of nitrogens with zero attached hydrogens (tertiary/aromatic N) is 3. The number of carbonyl (C=O) groups is 1. The lowest BCUT2D eigenvalue weighted by Crippen LogP contribution is -2.42. The van der Waals surface area contributed by atoms with Gasteiger partial charge in [0.05, 0.1) is 6.04 Å². The van der Waals surface area contributed by atoms with Gasteiger partial charge in [0.1, 0.15) is 35.2 Å². The van der Waals surface area contributed by atoms with E-state index in [-0.39, 0.29) is 17.7 Å². The molecule has 0 bridgehead atoms. The number of halogens is 3. The van der Waals surface area contributed by atoms with Crippen LogP contribution in [0.4, 0.5) is 13.2 Å². The Morgan fingerprint density at radius 3 is 2.45 bits per heavy atom. The highest BCUT2D eigenvalue weighted by Crippen LogP contribution is 2.46. The monoisotopic (exact) mass is 550 g/mol. The van der Waals surface area contributed by atoms with Crippen molar-refractivity contribution in [2.45, 2.75) is 37.9 Å². The molecule has 2 aliphatic rings. The molecule has 2 aliphatic heterocycles. The number of hydrogen-bond donors (Lipinski definition) is 1. The van der Waals surface area contributed by atoms with Crippen LogP contribution in [0.25, 0.3) is 11.4 Å². The number of H-pyrrole nitrogens is 1. The summed E-state index contributed by atoms with van der Waals surface area (Å²) in [6.45, 7) is 1.33. The molecule has 40 heavy (non-hydrogen) atoms. The number of aromatic amines is 1. The van der Waals surface area contributed by atoms with Gasteiger partial charge >= 0.3 is 6.36 Å². The van der Waals surface area contributed by atoms with Crippen LogP contribution in [0.1, 0.15) is 46.1 Å². The van der Waals surface area contributed by atoms with E-state index in [1.807, 2.05) is 30.3 Å². The van der Waals surface area contributed by atoms with Crippen molar-refractivity contribution < 1.29 is 32.2 Å². The third kappa shape index (κ3) is 5.12. The van der Waals surface area contributed by atoms with Crippen molar-refractivity contribution in [3.8, 4) is 22.9 Å². The average Bonchev–Trinajstić information content (AvgIpc) is 3.51. The Bertz CT molecular complexity index is 1490. The van der Waals surface area contributed by atoms with Gasteiger partial charge in [-0.3, -0.25) is 14.9 Å². The van der Waals surface area contributed by atoms with Gasteiger partial charge in [0.15, 0.2) is 0 Å². The minimum Gasteiger partial charge on any atom is -0.487 e. The van der Waals surface area contributed by atoms with Gasteiger partial charge in [-0.15, -0.1) is 13.2 Å². The number of benzene rings is 2. The van der Waals surface area contributed by atoms with Gasteiger partial charge in [0.25, 0.3) is 5.91 Å². The lowest BCUT2D eigenvalue weighted by atomic mass is 9.95. The topological polar surface area (TPSA) is 89.6 Å². The summed E-state index contributed by atoms with van der Waals surface area (Å²) in [5.74, 6) is -0.0820. The van der Waals surface area contributed by atoms with Crippen molar-refractivity contribution in [1.82, 2.24) is 20.1 Å². The maximum atomic E-state index is 13.8. The molecule has 11 heteroatoms. The van der Waals surface area contributed by atoms with Crippen molar-refractivity contribution in [1.29, 1.82) is 0 Å². The zero-order valence-corrected chi connectivity index (χ0v) is 21.2. The molecule has 1 atom stereocenters. The second kappa shape index (κ2) is 10.6. The van der Waals surface area contributed by atoms with E-state index < -0.39 is 12.4 Å². The zero-order chi connectivity index (χ0) is 27.7. The van der Waals surface area contributed by atoms with E-state index in [4.69, 9.17) is 9.47 Å². The van der Waals surface area contributed by atoms with Gasteiger partial charge in [-0.2, -0.15) is 5.10 Å². The molecular weight excluding hydrogens is 525 g/mol. The number of rotatable bonds is 7. The molecule has 4 heterocycles. The Morgan fingerprint density at radius 2 is 1.73 bits per heavy atom. The Morgan fingerprint density at radius 1 is 0.975 bits per heavy atom. The summed E-state index contributed by atoms with van der Waals surface area (Å²) in [6.07, 6.45) is -1.91. The van der Waals surface area contributed by atoms with Crippen molar-refractivity contribution in [3.63, 3.8) is 0 Å². The van der Waals surface area contributed by atoms with Crippen LogP contribution in [0, 0.1) is 0 Å². The molecule has 1 amide bonds. The molecule has 2 aromatic carbocycles. The number of ether oxygens (including phenoxy) is 3. The third-order valence-electron chi connectivity index (χ3n) is 7.05. The highest BCUT2D eigenvalue weighted by molar-refractivity contribution is 6.00. The normalized spacial score (nSPS) is 17.6. The SMILES string of the molecule is O=C1c2[nH]nc(-c3ncccc3OCc3ccccc3)c2C(c2ccc(OC(F)(F)F)cc2)N1C1CCOCC1. The maximum Gasteiger partial charge on any atom is 0.573 e. The first-order chi connectivity index (χ1) is 19.4. The Kier molecular flexibility index (Phi) is 6.89. The summed E-state index contributed by atoms with van der Waals surface area (Å²) in [4.78, 5) is 20.1. The number of amides is 1. The molecule has 4 aromatic rings. The lowest BCUT2D eigenvalue weighted by Gasteiger charge is -2.36. The first-order valence-electron chi connectivity index (χ1n) is 12.9. The van der Waals surface area contributed by atoms with E-state index in [9.17, 15) is 18.0 Å². The number of aromatic nitrogens is 3. The van der Waals surface area contributed by atoms with Gasteiger partial charge in [-0.1, -0.05) is 42.5 Å². The van der Waals surface area contributed by atoms with E-state index in [1.165, 1.54) is 12.1 Å². The average molecular weight is 551 g/mol. The minimum atomic E-state index is -4.81. The second-order valence-corrected chi connectivity index (χ2v) is 9.56. The number of pyridine rings is 1. The van der Waals surface area contributed by atoms with Crippen molar-refractivity contribution in [2.75, 3.05) is 13.2 Å². The van der Waals surface area contributed by atoms with Gasteiger partial charge in [0, 0.05) is 31.0 Å². The van der Waals surface area contributed by atoms with E-state index in [0.29, 0.717) is 66.6 Å². The highest BCUT2D eigenvalue weighted by atomic mass is 19.4. The van der Waals surface area contributed by atoms with Crippen LogP contribution in [-0.2, 0) is 11.3 Å². The van der Waals surface area contributed by atoms with Crippen LogP contribution in [0.2, 0.25) is 0 Å². The molecule has 0 radical (unpaired) electrons. The highest BCUT2D eigenvalue weighted by Gasteiger charge is 2.46. The number of fused-ring (bicyclic) bond motifs is 1. The Labute approximate surface area is 227 Å². The summed E-state index contributed by atoms with van der Waals surface area (Å²) in [6, 6.07) is 18.1. The Balaban J connectivity index is 1.40. The van der Waals surface area contributed by atoms with Crippen LogP contribution in [0.15, 0.2) is 72.9 Å². The van der Waals surface area contributed by atoms with E-state index >= 15 is 0 Å². The van der Waals surface area contributed by atoms with E-state index in [0.717, 1.165) is 5.56 Å². The summed E-state index contributed by atoms with van der Waals surface area (Å²) in [5.41, 5.74) is 3.43. The molecule has 1 fully saturated rings. The fraction of sp³-hybridized carbons (Fsp3) is 0.276. The smallest absolute Gasteiger partial charge is 0.487 e. The van der Waals surface area contributed by atoms with Crippen LogP contribution in [-0.4, -0.2) is 51.6 Å². The van der Waals surface area contributed by atoms with Crippen molar-refractivity contribution in [3.05, 3.63) is 95.3 Å². The maximum absolute atomic E-state index is 13.8. The van der Waals surface area contributed by atoms with Gasteiger partial charge < -0.3 is 19.1 Å². The second-order valence-electron chi connectivity index (χ2n) is 9.56. The third-order valence-corrected chi connectivity index (χ3v) is 7.05. The molecule has 2 aromatic heterocycles. The molecule has 1 saturated heterocycles. The molecule has 8 nitrogen and oxygen atoms in total. The fourth-order valence-corrected chi connectivity index (χ4v) is 5.29. The summed E-state index contributed by atoms with van der Waals surface area (Å²) in [5, 5.41) is 7.39. The molecular formula is C29H25F3N4O4. The van der Waals surface area contributed by atoms with Gasteiger partial charge in [-0.05, 0) is 48.2 Å². The molecule has 206 valence electrons. The number of nitrogens with one attached hydrogen (secondary N) is 1. The van der Waals surface area contributed by atoms with Crippen molar-refractivity contribution in [2.24, 2.45) is 0 Å².